The highest BCUT2D eigenvalue weighted by Crippen LogP contribution is 2.29. The van der Waals surface area contributed by atoms with Crippen molar-refractivity contribution in [1.29, 1.82) is 0 Å². The van der Waals surface area contributed by atoms with Gasteiger partial charge in [0.15, 0.2) is 5.69 Å². The monoisotopic (exact) mass is 463 g/mol. The van der Waals surface area contributed by atoms with Crippen LogP contribution in [0.4, 0.5) is 4.39 Å². The fourth-order valence-electron chi connectivity index (χ4n) is 4.52. The van der Waals surface area contributed by atoms with Crippen LogP contribution in [0.5, 0.6) is 0 Å². The summed E-state index contributed by atoms with van der Waals surface area (Å²) in [5.74, 6) is -0.524. The second kappa shape index (κ2) is 9.72. The van der Waals surface area contributed by atoms with E-state index in [2.05, 4.69) is 15.3 Å². The SMILES string of the molecule is O=C(NCc1cccnc1)C1CCN(C(=O)c2ncn3c2COC(c2ccc(F)cc2)C3)CC1. The quantitative estimate of drug-likeness (QED) is 0.629. The molecule has 1 atom stereocenters. The number of imidazole rings is 1. The minimum absolute atomic E-state index is 0.00978. The van der Waals surface area contributed by atoms with E-state index in [1.54, 1.807) is 35.8 Å². The van der Waals surface area contributed by atoms with Crippen LogP contribution >= 0.6 is 0 Å². The lowest BCUT2D eigenvalue weighted by molar-refractivity contribution is -0.126. The van der Waals surface area contributed by atoms with Crippen LogP contribution in [0.15, 0.2) is 55.1 Å². The van der Waals surface area contributed by atoms with E-state index in [-0.39, 0.29) is 36.3 Å². The Bertz CT molecular complexity index is 1160. The molecule has 1 aromatic carbocycles. The minimum Gasteiger partial charge on any atom is -0.365 e. The second-order valence-corrected chi connectivity index (χ2v) is 8.69. The van der Waals surface area contributed by atoms with Crippen LogP contribution in [-0.4, -0.2) is 44.3 Å². The summed E-state index contributed by atoms with van der Waals surface area (Å²) < 4.78 is 21.1. The van der Waals surface area contributed by atoms with Crippen molar-refractivity contribution >= 4 is 11.8 Å². The molecule has 9 heteroatoms. The Morgan fingerprint density at radius 3 is 2.68 bits per heavy atom. The van der Waals surface area contributed by atoms with Crippen LogP contribution in [0.2, 0.25) is 0 Å². The Balaban J connectivity index is 1.16. The highest BCUT2D eigenvalue weighted by atomic mass is 19.1. The van der Waals surface area contributed by atoms with E-state index in [0.717, 1.165) is 16.8 Å². The third-order valence-electron chi connectivity index (χ3n) is 6.52. The number of nitrogens with one attached hydrogen (secondary N) is 1. The normalized spacial score (nSPS) is 18.4. The zero-order chi connectivity index (χ0) is 23.5. The molecule has 0 bridgehead atoms. The number of hydrogen-bond donors (Lipinski definition) is 1. The zero-order valence-electron chi connectivity index (χ0n) is 18.7. The molecule has 2 aliphatic rings. The standard InChI is InChI=1S/C25H26FN5O3/c26-20-5-3-18(4-6-20)22-14-31-16-29-23(21(31)15-34-22)25(33)30-10-7-19(8-11-30)24(32)28-13-17-2-1-9-27-12-17/h1-6,9,12,16,19,22H,7-8,10-11,13-15H2,(H,28,32). The number of amides is 2. The smallest absolute Gasteiger partial charge is 0.274 e. The third kappa shape index (κ3) is 4.70. The lowest BCUT2D eigenvalue weighted by Crippen LogP contribution is -2.43. The Labute approximate surface area is 196 Å². The van der Waals surface area contributed by atoms with E-state index in [1.807, 2.05) is 16.7 Å². The van der Waals surface area contributed by atoms with Gasteiger partial charge < -0.3 is 19.5 Å². The Morgan fingerprint density at radius 2 is 1.94 bits per heavy atom. The number of halogens is 1. The molecule has 2 aliphatic heterocycles. The molecule has 176 valence electrons. The lowest BCUT2D eigenvalue weighted by Gasteiger charge is -2.31. The van der Waals surface area contributed by atoms with Crippen LogP contribution in [0.3, 0.4) is 0 Å². The first kappa shape index (κ1) is 22.2. The molecule has 2 amide bonds. The largest absolute Gasteiger partial charge is 0.365 e. The highest BCUT2D eigenvalue weighted by Gasteiger charge is 2.32. The molecular formula is C25H26FN5O3. The predicted molar refractivity (Wildman–Crippen MR) is 121 cm³/mol. The van der Waals surface area contributed by atoms with Gasteiger partial charge in [0.2, 0.25) is 5.91 Å². The summed E-state index contributed by atoms with van der Waals surface area (Å²) >= 11 is 0. The first-order chi connectivity index (χ1) is 16.6. The van der Waals surface area contributed by atoms with Crippen LogP contribution in [0, 0.1) is 11.7 Å². The number of pyridine rings is 1. The molecule has 1 N–H and O–H groups in total. The summed E-state index contributed by atoms with van der Waals surface area (Å²) in [5, 5.41) is 2.97. The highest BCUT2D eigenvalue weighted by molar-refractivity contribution is 5.93. The lowest BCUT2D eigenvalue weighted by atomic mass is 9.95. The number of carbonyl (C=O) groups excluding carboxylic acids is 2. The molecule has 3 aromatic rings. The molecule has 2 aromatic heterocycles. The van der Waals surface area contributed by atoms with Gasteiger partial charge in [-0.05, 0) is 42.2 Å². The molecule has 4 heterocycles. The Hall–Kier alpha value is -3.59. The van der Waals surface area contributed by atoms with Gasteiger partial charge >= 0.3 is 0 Å². The molecule has 8 nitrogen and oxygen atoms in total. The number of hydrogen-bond acceptors (Lipinski definition) is 5. The van der Waals surface area contributed by atoms with Crippen molar-refractivity contribution in [3.05, 3.63) is 83.5 Å². The molecule has 34 heavy (non-hydrogen) atoms. The maximum Gasteiger partial charge on any atom is 0.274 e. The van der Waals surface area contributed by atoms with Crippen LogP contribution in [0.1, 0.15) is 46.3 Å². The van der Waals surface area contributed by atoms with Crippen molar-refractivity contribution in [2.24, 2.45) is 5.92 Å². The second-order valence-electron chi connectivity index (χ2n) is 8.69. The van der Waals surface area contributed by atoms with E-state index in [0.29, 0.717) is 44.7 Å². The van der Waals surface area contributed by atoms with E-state index in [1.165, 1.54) is 12.1 Å². The van der Waals surface area contributed by atoms with Crippen molar-refractivity contribution in [3.63, 3.8) is 0 Å². The first-order valence-electron chi connectivity index (χ1n) is 11.5. The number of fused-ring (bicyclic) bond motifs is 1. The van der Waals surface area contributed by atoms with Gasteiger partial charge in [0.1, 0.15) is 11.9 Å². The fourth-order valence-corrected chi connectivity index (χ4v) is 4.52. The molecular weight excluding hydrogens is 437 g/mol. The molecule has 0 aliphatic carbocycles. The van der Waals surface area contributed by atoms with E-state index in [9.17, 15) is 14.0 Å². The van der Waals surface area contributed by atoms with Crippen LogP contribution in [-0.2, 0) is 29.2 Å². The molecule has 0 spiro atoms. The minimum atomic E-state index is -0.287. The van der Waals surface area contributed by atoms with Crippen LogP contribution in [0.25, 0.3) is 0 Å². The maximum atomic E-state index is 13.2. The fraction of sp³-hybridized carbons (Fsp3) is 0.360. The number of benzene rings is 1. The van der Waals surface area contributed by atoms with Gasteiger partial charge in [-0.1, -0.05) is 18.2 Å². The topological polar surface area (TPSA) is 89.4 Å². The molecule has 1 unspecified atom stereocenters. The number of carbonyl (C=O) groups is 2. The Morgan fingerprint density at radius 1 is 1.15 bits per heavy atom. The molecule has 1 saturated heterocycles. The molecule has 1 fully saturated rings. The van der Waals surface area contributed by atoms with Crippen molar-refractivity contribution < 1.29 is 18.7 Å². The third-order valence-corrected chi connectivity index (χ3v) is 6.52. The summed E-state index contributed by atoms with van der Waals surface area (Å²) in [6.45, 7) is 2.24. The summed E-state index contributed by atoms with van der Waals surface area (Å²) in [6.07, 6.45) is 6.11. The van der Waals surface area contributed by atoms with Gasteiger partial charge in [0, 0.05) is 37.9 Å². The first-order valence-corrected chi connectivity index (χ1v) is 11.5. The molecule has 5 rings (SSSR count). The number of likely N-dealkylation sites (tertiary alicyclic amines) is 1. The van der Waals surface area contributed by atoms with Crippen molar-refractivity contribution in [2.45, 2.75) is 38.6 Å². The van der Waals surface area contributed by atoms with Crippen molar-refractivity contribution in [3.8, 4) is 0 Å². The Kier molecular flexibility index (Phi) is 6.35. The maximum absolute atomic E-state index is 13.2. The van der Waals surface area contributed by atoms with Crippen molar-refractivity contribution in [1.82, 2.24) is 24.8 Å². The summed E-state index contributed by atoms with van der Waals surface area (Å²) in [4.78, 5) is 35.9. The van der Waals surface area contributed by atoms with Crippen molar-refractivity contribution in [2.75, 3.05) is 13.1 Å². The van der Waals surface area contributed by atoms with E-state index >= 15 is 0 Å². The summed E-state index contributed by atoms with van der Waals surface area (Å²) in [5.41, 5.74) is 2.99. The summed E-state index contributed by atoms with van der Waals surface area (Å²) in [6, 6.07) is 10.0. The van der Waals surface area contributed by atoms with Gasteiger partial charge in [-0.25, -0.2) is 9.37 Å². The average molecular weight is 464 g/mol. The zero-order valence-corrected chi connectivity index (χ0v) is 18.7. The van der Waals surface area contributed by atoms with Gasteiger partial charge in [0.05, 0.1) is 25.2 Å². The summed E-state index contributed by atoms with van der Waals surface area (Å²) in [7, 11) is 0. The van der Waals surface area contributed by atoms with Gasteiger partial charge in [-0.3, -0.25) is 14.6 Å². The van der Waals surface area contributed by atoms with Gasteiger partial charge in [-0.2, -0.15) is 0 Å². The van der Waals surface area contributed by atoms with E-state index < -0.39 is 0 Å². The van der Waals surface area contributed by atoms with E-state index in [4.69, 9.17) is 4.74 Å². The number of aromatic nitrogens is 3. The number of nitrogens with zero attached hydrogens (tertiary/aromatic N) is 4. The molecule has 0 saturated carbocycles. The number of piperidine rings is 1. The predicted octanol–water partition coefficient (Wildman–Crippen LogP) is 2.86. The van der Waals surface area contributed by atoms with Gasteiger partial charge in [-0.15, -0.1) is 0 Å². The molecule has 0 radical (unpaired) electrons. The number of ether oxygens (including phenoxy) is 1. The average Bonchev–Trinajstić information content (AvgIpc) is 3.31. The van der Waals surface area contributed by atoms with Gasteiger partial charge in [0.25, 0.3) is 5.91 Å². The van der Waals surface area contributed by atoms with Crippen LogP contribution < -0.4 is 5.32 Å². The number of rotatable bonds is 5.